The molecule has 1 aromatic carbocycles. The Balaban J connectivity index is 1.48. The molecule has 1 amide bonds. The SMILES string of the molecule is CCCn1c(CCC(=O)NC(C)Cc2ccco2)nc2cc(S(=O)(=O)N3CCCC3)ccc21. The summed E-state index contributed by atoms with van der Waals surface area (Å²) in [6.07, 6.45) is 5.79. The molecule has 0 spiro atoms. The smallest absolute Gasteiger partial charge is 0.243 e. The van der Waals surface area contributed by atoms with Crippen LogP contribution in [0.5, 0.6) is 0 Å². The third kappa shape index (κ3) is 5.30. The van der Waals surface area contributed by atoms with Crippen LogP contribution < -0.4 is 5.32 Å². The van der Waals surface area contributed by atoms with Crippen molar-refractivity contribution in [2.24, 2.45) is 0 Å². The highest BCUT2D eigenvalue weighted by atomic mass is 32.2. The zero-order valence-corrected chi connectivity index (χ0v) is 20.1. The molecule has 8 nitrogen and oxygen atoms in total. The highest BCUT2D eigenvalue weighted by Gasteiger charge is 2.28. The second kappa shape index (κ2) is 10.1. The molecule has 1 N–H and O–H groups in total. The van der Waals surface area contributed by atoms with Crippen molar-refractivity contribution in [3.05, 3.63) is 48.2 Å². The number of benzene rings is 1. The topological polar surface area (TPSA) is 97.4 Å². The summed E-state index contributed by atoms with van der Waals surface area (Å²) >= 11 is 0. The second-order valence-corrected chi connectivity index (χ2v) is 10.6. The molecule has 178 valence electrons. The molecule has 3 aromatic rings. The first-order valence-corrected chi connectivity index (χ1v) is 13.1. The summed E-state index contributed by atoms with van der Waals surface area (Å²) in [4.78, 5) is 17.5. The Hall–Kier alpha value is -2.65. The highest BCUT2D eigenvalue weighted by Crippen LogP contribution is 2.26. The number of sulfonamides is 1. The van der Waals surface area contributed by atoms with E-state index in [0.717, 1.165) is 42.9 Å². The summed E-state index contributed by atoms with van der Waals surface area (Å²) < 4.78 is 34.9. The van der Waals surface area contributed by atoms with Gasteiger partial charge in [-0.25, -0.2) is 13.4 Å². The minimum atomic E-state index is -3.49. The average Bonchev–Trinajstić information content (AvgIpc) is 3.54. The van der Waals surface area contributed by atoms with E-state index in [4.69, 9.17) is 9.40 Å². The quantitative estimate of drug-likeness (QED) is 0.487. The first-order valence-electron chi connectivity index (χ1n) is 11.7. The molecular weight excluding hydrogens is 440 g/mol. The van der Waals surface area contributed by atoms with E-state index in [9.17, 15) is 13.2 Å². The van der Waals surface area contributed by atoms with Crippen LogP contribution in [0.1, 0.15) is 51.1 Å². The molecule has 3 heterocycles. The Morgan fingerprint density at radius 2 is 2.03 bits per heavy atom. The maximum Gasteiger partial charge on any atom is 0.243 e. The molecule has 0 saturated carbocycles. The van der Waals surface area contributed by atoms with E-state index >= 15 is 0 Å². The standard InChI is InChI=1S/C24H32N4O4S/c1-3-12-28-22-9-8-20(33(30,31)27-13-4-5-14-27)17-21(22)26-23(28)10-11-24(29)25-18(2)16-19-7-6-15-32-19/h6-9,15,17-18H,3-5,10-14,16H2,1-2H3,(H,25,29). The predicted molar refractivity (Wildman–Crippen MR) is 126 cm³/mol. The number of carbonyl (C=O) groups excluding carboxylic acids is 1. The fourth-order valence-corrected chi connectivity index (χ4v) is 5.95. The van der Waals surface area contributed by atoms with Crippen molar-refractivity contribution >= 4 is 27.0 Å². The molecule has 0 bridgehead atoms. The normalized spacial score (nSPS) is 15.8. The zero-order valence-electron chi connectivity index (χ0n) is 19.3. The van der Waals surface area contributed by atoms with E-state index in [-0.39, 0.29) is 16.8 Å². The molecule has 2 aromatic heterocycles. The van der Waals surface area contributed by atoms with Gasteiger partial charge in [0.15, 0.2) is 0 Å². The van der Waals surface area contributed by atoms with Gasteiger partial charge >= 0.3 is 0 Å². The third-order valence-corrected chi connectivity index (χ3v) is 7.91. The number of rotatable bonds is 10. The number of imidazole rings is 1. The summed E-state index contributed by atoms with van der Waals surface area (Å²) in [5.74, 6) is 1.60. The summed E-state index contributed by atoms with van der Waals surface area (Å²) in [6, 6.07) is 8.89. The van der Waals surface area contributed by atoms with E-state index in [1.165, 1.54) is 0 Å². The number of nitrogens with zero attached hydrogens (tertiary/aromatic N) is 3. The molecule has 9 heteroatoms. The van der Waals surface area contributed by atoms with Gasteiger partial charge in [-0.3, -0.25) is 4.79 Å². The lowest BCUT2D eigenvalue weighted by atomic mass is 10.2. The second-order valence-electron chi connectivity index (χ2n) is 8.69. The molecule has 1 saturated heterocycles. The van der Waals surface area contributed by atoms with Gasteiger partial charge in [0.05, 0.1) is 22.2 Å². The Bertz CT molecular complexity index is 1190. The van der Waals surface area contributed by atoms with Crippen molar-refractivity contribution in [3.63, 3.8) is 0 Å². The van der Waals surface area contributed by atoms with Crippen LogP contribution in [-0.4, -0.2) is 47.3 Å². The average molecular weight is 473 g/mol. The van der Waals surface area contributed by atoms with Gasteiger partial charge in [-0.15, -0.1) is 0 Å². The number of aromatic nitrogens is 2. The summed E-state index contributed by atoms with van der Waals surface area (Å²) in [5, 5.41) is 3.01. The largest absolute Gasteiger partial charge is 0.469 e. The van der Waals surface area contributed by atoms with Crippen LogP contribution in [-0.2, 0) is 34.2 Å². The minimum absolute atomic E-state index is 0.0311. The molecule has 1 aliphatic heterocycles. The Morgan fingerprint density at radius 1 is 1.24 bits per heavy atom. The van der Waals surface area contributed by atoms with Gasteiger partial charge in [-0.1, -0.05) is 6.92 Å². The van der Waals surface area contributed by atoms with Crippen LogP contribution in [0, 0.1) is 0 Å². The monoisotopic (exact) mass is 472 g/mol. The van der Waals surface area contributed by atoms with Crippen LogP contribution in [0.3, 0.4) is 0 Å². The molecule has 4 rings (SSSR count). The summed E-state index contributed by atoms with van der Waals surface area (Å²) in [7, 11) is -3.49. The fraction of sp³-hybridized carbons (Fsp3) is 0.500. The third-order valence-electron chi connectivity index (χ3n) is 6.02. The van der Waals surface area contributed by atoms with Gasteiger partial charge in [-0.05, 0) is 56.5 Å². The van der Waals surface area contributed by atoms with E-state index < -0.39 is 10.0 Å². The lowest BCUT2D eigenvalue weighted by Crippen LogP contribution is -2.34. The molecule has 0 radical (unpaired) electrons. The number of hydrogen-bond acceptors (Lipinski definition) is 5. The molecule has 33 heavy (non-hydrogen) atoms. The summed E-state index contributed by atoms with van der Waals surface area (Å²) in [6.45, 7) is 5.95. The highest BCUT2D eigenvalue weighted by molar-refractivity contribution is 7.89. The Kier molecular flexibility index (Phi) is 7.19. The van der Waals surface area contributed by atoms with Crippen molar-refractivity contribution < 1.29 is 17.6 Å². The van der Waals surface area contributed by atoms with Gasteiger partial charge in [0.25, 0.3) is 0 Å². The lowest BCUT2D eigenvalue weighted by molar-refractivity contribution is -0.121. The summed E-state index contributed by atoms with van der Waals surface area (Å²) in [5.41, 5.74) is 1.56. The van der Waals surface area contributed by atoms with Crippen LogP contribution in [0.15, 0.2) is 45.9 Å². The number of furan rings is 1. The first-order chi connectivity index (χ1) is 15.9. The number of hydrogen-bond donors (Lipinski definition) is 1. The molecular formula is C24H32N4O4S. The molecule has 1 aliphatic rings. The van der Waals surface area contributed by atoms with E-state index in [1.54, 1.807) is 22.7 Å². The predicted octanol–water partition coefficient (Wildman–Crippen LogP) is 3.50. The van der Waals surface area contributed by atoms with Crippen molar-refractivity contribution in [1.82, 2.24) is 19.2 Å². The van der Waals surface area contributed by atoms with Crippen LogP contribution in [0.4, 0.5) is 0 Å². The number of amides is 1. The van der Waals surface area contributed by atoms with Crippen LogP contribution in [0.2, 0.25) is 0 Å². The fourth-order valence-electron chi connectivity index (χ4n) is 4.42. The van der Waals surface area contributed by atoms with E-state index in [1.807, 2.05) is 25.1 Å². The van der Waals surface area contributed by atoms with Crippen molar-refractivity contribution in [2.45, 2.75) is 69.9 Å². The Labute approximate surface area is 195 Å². The number of fused-ring (bicyclic) bond motifs is 1. The Morgan fingerprint density at radius 3 is 2.73 bits per heavy atom. The number of carbonyl (C=O) groups is 1. The maximum atomic E-state index is 13.0. The molecule has 1 atom stereocenters. The molecule has 0 aliphatic carbocycles. The van der Waals surface area contributed by atoms with Crippen LogP contribution >= 0.6 is 0 Å². The number of nitrogens with one attached hydrogen (secondary N) is 1. The van der Waals surface area contributed by atoms with Gasteiger partial charge in [0, 0.05) is 44.9 Å². The van der Waals surface area contributed by atoms with Crippen molar-refractivity contribution in [2.75, 3.05) is 13.1 Å². The van der Waals surface area contributed by atoms with E-state index in [0.29, 0.717) is 37.9 Å². The first kappa shape index (κ1) is 23.5. The molecule has 1 unspecified atom stereocenters. The maximum absolute atomic E-state index is 13.0. The molecule has 1 fully saturated rings. The van der Waals surface area contributed by atoms with Gasteiger partial charge < -0.3 is 14.3 Å². The number of aryl methyl sites for hydroxylation is 2. The van der Waals surface area contributed by atoms with Gasteiger partial charge in [0.1, 0.15) is 11.6 Å². The van der Waals surface area contributed by atoms with Crippen molar-refractivity contribution in [1.29, 1.82) is 0 Å². The van der Waals surface area contributed by atoms with Gasteiger partial charge in [0.2, 0.25) is 15.9 Å². The lowest BCUT2D eigenvalue weighted by Gasteiger charge is -2.15. The van der Waals surface area contributed by atoms with Gasteiger partial charge in [-0.2, -0.15) is 4.31 Å². The van der Waals surface area contributed by atoms with E-state index in [2.05, 4.69) is 16.8 Å². The van der Waals surface area contributed by atoms with Crippen molar-refractivity contribution in [3.8, 4) is 0 Å². The minimum Gasteiger partial charge on any atom is -0.469 e. The van der Waals surface area contributed by atoms with Crippen LogP contribution in [0.25, 0.3) is 11.0 Å². The zero-order chi connectivity index (χ0) is 23.4.